The van der Waals surface area contributed by atoms with Crippen LogP contribution in [0.3, 0.4) is 0 Å². The van der Waals surface area contributed by atoms with Crippen LogP contribution < -0.4 is 10.6 Å². The maximum Gasteiger partial charge on any atom is 0.326 e. The van der Waals surface area contributed by atoms with Crippen molar-refractivity contribution >= 4 is 39.8 Å². The largest absolute Gasteiger partial charge is 0.480 e. The molecule has 31 heavy (non-hydrogen) atoms. The van der Waals surface area contributed by atoms with E-state index in [1.807, 2.05) is 6.07 Å². The third kappa shape index (κ3) is 6.16. The van der Waals surface area contributed by atoms with E-state index in [4.69, 9.17) is 4.42 Å². The molecule has 0 aliphatic carbocycles. The summed E-state index contributed by atoms with van der Waals surface area (Å²) in [5.41, 5.74) is 0.929. The Morgan fingerprint density at radius 1 is 1.00 bits per heavy atom. The van der Waals surface area contributed by atoms with Crippen molar-refractivity contribution in [2.24, 2.45) is 0 Å². The molecule has 3 N–H and O–H groups in total. The normalized spacial score (nSPS) is 12.1. The van der Waals surface area contributed by atoms with Crippen molar-refractivity contribution in [3.63, 3.8) is 0 Å². The van der Waals surface area contributed by atoms with E-state index < -0.39 is 23.8 Å². The second-order valence-corrected chi connectivity index (χ2v) is 7.42. The van der Waals surface area contributed by atoms with Gasteiger partial charge in [0.05, 0.1) is 11.8 Å². The topological polar surface area (TPSA) is 109 Å². The third-order valence-corrected chi connectivity index (χ3v) is 5.02. The van der Waals surface area contributed by atoms with Crippen molar-refractivity contribution in [3.8, 4) is 0 Å². The van der Waals surface area contributed by atoms with Gasteiger partial charge in [0.15, 0.2) is 0 Å². The lowest BCUT2D eigenvalue weighted by atomic mass is 10.1. The summed E-state index contributed by atoms with van der Waals surface area (Å²) in [5.74, 6) is -2.14. The van der Waals surface area contributed by atoms with Crippen LogP contribution in [0.15, 0.2) is 87.6 Å². The molecule has 1 heterocycles. The maximum absolute atomic E-state index is 12.9. The Hall–Kier alpha value is -3.65. The highest BCUT2D eigenvalue weighted by Crippen LogP contribution is 2.16. The molecule has 158 valence electrons. The fourth-order valence-corrected chi connectivity index (χ4v) is 3.26. The molecule has 2 amide bonds. The first-order valence-electron chi connectivity index (χ1n) is 9.32. The minimum atomic E-state index is -1.19. The van der Waals surface area contributed by atoms with Crippen molar-refractivity contribution in [3.05, 3.63) is 100 Å². The third-order valence-electron chi connectivity index (χ3n) is 4.33. The van der Waals surface area contributed by atoms with E-state index in [0.717, 1.165) is 5.56 Å². The summed E-state index contributed by atoms with van der Waals surface area (Å²) in [5, 5.41) is 14.6. The number of amides is 2. The Labute approximate surface area is 186 Å². The number of rotatable bonds is 8. The average molecular weight is 483 g/mol. The van der Waals surface area contributed by atoms with Crippen molar-refractivity contribution in [2.45, 2.75) is 12.5 Å². The number of halogens is 1. The number of nitrogens with one attached hydrogen (secondary N) is 2. The van der Waals surface area contributed by atoms with E-state index in [1.54, 1.807) is 60.7 Å². The van der Waals surface area contributed by atoms with Crippen LogP contribution in [0.4, 0.5) is 0 Å². The van der Waals surface area contributed by atoms with Gasteiger partial charge in [0.25, 0.3) is 11.8 Å². The molecule has 0 saturated carbocycles. The Morgan fingerprint density at radius 3 is 2.35 bits per heavy atom. The quantitative estimate of drug-likeness (QED) is 0.424. The molecule has 1 aromatic heterocycles. The molecule has 8 heteroatoms. The first-order chi connectivity index (χ1) is 14.9. The first kappa shape index (κ1) is 22.0. The number of hydrogen-bond acceptors (Lipinski definition) is 4. The Morgan fingerprint density at radius 2 is 1.71 bits per heavy atom. The summed E-state index contributed by atoms with van der Waals surface area (Å²) in [6, 6.07) is 17.7. The molecule has 2 aromatic carbocycles. The maximum atomic E-state index is 12.9. The summed E-state index contributed by atoms with van der Waals surface area (Å²) in [7, 11) is 0. The van der Waals surface area contributed by atoms with Gasteiger partial charge in [-0.15, -0.1) is 0 Å². The minimum absolute atomic E-state index is 0.0914. The van der Waals surface area contributed by atoms with Gasteiger partial charge in [-0.1, -0.05) is 42.5 Å². The van der Waals surface area contributed by atoms with Crippen molar-refractivity contribution in [2.75, 3.05) is 0 Å². The average Bonchev–Trinajstić information content (AvgIpc) is 3.27. The van der Waals surface area contributed by atoms with Crippen molar-refractivity contribution < 1.29 is 23.9 Å². The van der Waals surface area contributed by atoms with Gasteiger partial charge in [0, 0.05) is 17.0 Å². The molecule has 3 rings (SSSR count). The van der Waals surface area contributed by atoms with Gasteiger partial charge in [0.1, 0.15) is 17.5 Å². The molecule has 7 nitrogen and oxygen atoms in total. The number of aliphatic carboxylic acids is 1. The minimum Gasteiger partial charge on any atom is -0.480 e. The molecule has 0 aliphatic rings. The highest BCUT2D eigenvalue weighted by atomic mass is 79.9. The number of hydrogen-bond donors (Lipinski definition) is 3. The molecule has 1 unspecified atom stereocenters. The SMILES string of the molecule is O=C(NC(Cc1ccccc1)C(=O)O)C(=Cc1ccco1)NC(=O)c1ccccc1Br. The number of furan rings is 1. The lowest BCUT2D eigenvalue weighted by Gasteiger charge is -2.17. The Balaban J connectivity index is 1.82. The fraction of sp³-hybridized carbons (Fsp3) is 0.0870. The van der Waals surface area contributed by atoms with Crippen molar-refractivity contribution in [1.29, 1.82) is 0 Å². The zero-order valence-corrected chi connectivity index (χ0v) is 17.8. The Bertz CT molecular complexity index is 1090. The zero-order valence-electron chi connectivity index (χ0n) is 16.2. The number of carbonyl (C=O) groups is 3. The predicted octanol–water partition coefficient (Wildman–Crippen LogP) is 3.63. The summed E-state index contributed by atoms with van der Waals surface area (Å²) in [4.78, 5) is 37.3. The van der Waals surface area contributed by atoms with E-state index in [2.05, 4.69) is 26.6 Å². The van der Waals surface area contributed by atoms with E-state index >= 15 is 0 Å². The van der Waals surface area contributed by atoms with Gasteiger partial charge >= 0.3 is 5.97 Å². The van der Waals surface area contributed by atoms with Gasteiger partial charge in [-0.2, -0.15) is 0 Å². The molecule has 0 fully saturated rings. The molecular formula is C23H19BrN2O5. The molecule has 0 bridgehead atoms. The lowest BCUT2D eigenvalue weighted by molar-refractivity contribution is -0.141. The van der Waals surface area contributed by atoms with Gasteiger partial charge in [-0.05, 0) is 45.8 Å². The van der Waals surface area contributed by atoms with Crippen LogP contribution in [0.2, 0.25) is 0 Å². The summed E-state index contributed by atoms with van der Waals surface area (Å²) >= 11 is 3.30. The molecule has 0 spiro atoms. The monoisotopic (exact) mass is 482 g/mol. The van der Waals surface area contributed by atoms with Crippen LogP contribution >= 0.6 is 15.9 Å². The number of carbonyl (C=O) groups excluding carboxylic acids is 2. The van der Waals surface area contributed by atoms with Gasteiger partial charge < -0.3 is 20.2 Å². The fourth-order valence-electron chi connectivity index (χ4n) is 2.79. The predicted molar refractivity (Wildman–Crippen MR) is 118 cm³/mol. The molecule has 0 aliphatic heterocycles. The van der Waals surface area contributed by atoms with Gasteiger partial charge in [-0.3, -0.25) is 9.59 Å². The number of carboxylic acids is 1. The highest BCUT2D eigenvalue weighted by molar-refractivity contribution is 9.10. The zero-order chi connectivity index (χ0) is 22.2. The van der Waals surface area contributed by atoms with E-state index in [1.165, 1.54) is 12.3 Å². The number of carboxylic acid groups (broad SMARTS) is 1. The second-order valence-electron chi connectivity index (χ2n) is 6.56. The highest BCUT2D eigenvalue weighted by Gasteiger charge is 2.24. The van der Waals surface area contributed by atoms with E-state index in [0.29, 0.717) is 15.8 Å². The van der Waals surface area contributed by atoms with Crippen LogP contribution in [0.25, 0.3) is 6.08 Å². The van der Waals surface area contributed by atoms with E-state index in [-0.39, 0.29) is 12.1 Å². The summed E-state index contributed by atoms with van der Waals surface area (Å²) in [6.45, 7) is 0. The van der Waals surface area contributed by atoms with Gasteiger partial charge in [-0.25, -0.2) is 4.79 Å². The van der Waals surface area contributed by atoms with E-state index in [9.17, 15) is 19.5 Å². The molecule has 0 radical (unpaired) electrons. The van der Waals surface area contributed by atoms with Crippen LogP contribution in [-0.2, 0) is 16.0 Å². The van der Waals surface area contributed by atoms with Crippen molar-refractivity contribution in [1.82, 2.24) is 10.6 Å². The van der Waals surface area contributed by atoms with Crippen LogP contribution in [0, 0.1) is 0 Å². The molecular weight excluding hydrogens is 464 g/mol. The summed E-state index contributed by atoms with van der Waals surface area (Å²) < 4.78 is 5.79. The Kier molecular flexibility index (Phi) is 7.40. The number of benzene rings is 2. The van der Waals surface area contributed by atoms with Gasteiger partial charge in [0.2, 0.25) is 0 Å². The lowest BCUT2D eigenvalue weighted by Crippen LogP contribution is -2.45. The van der Waals surface area contributed by atoms with Crippen LogP contribution in [0.5, 0.6) is 0 Å². The second kappa shape index (κ2) is 10.4. The summed E-state index contributed by atoms with van der Waals surface area (Å²) in [6.07, 6.45) is 2.85. The first-order valence-corrected chi connectivity index (χ1v) is 10.1. The standard InChI is InChI=1S/C23H19BrN2O5/c24-18-11-5-4-10-17(18)21(27)25-19(14-16-9-6-12-31-16)22(28)26-20(23(29)30)13-15-7-2-1-3-8-15/h1-12,14,20H,13H2,(H,25,27)(H,26,28)(H,29,30). The molecule has 3 aromatic rings. The van der Waals surface area contributed by atoms with Crippen LogP contribution in [0.1, 0.15) is 21.7 Å². The molecule has 0 saturated heterocycles. The smallest absolute Gasteiger partial charge is 0.326 e. The van der Waals surface area contributed by atoms with Crippen LogP contribution in [-0.4, -0.2) is 28.9 Å². The molecule has 1 atom stereocenters.